The molecule has 0 heterocycles. The lowest BCUT2D eigenvalue weighted by Crippen LogP contribution is -2.20. The van der Waals surface area contributed by atoms with Gasteiger partial charge in [0.25, 0.3) is 0 Å². The average molecular weight is 254 g/mol. The van der Waals surface area contributed by atoms with E-state index in [1.807, 2.05) is 6.07 Å². The molecule has 0 aliphatic heterocycles. The van der Waals surface area contributed by atoms with Crippen LogP contribution in [-0.4, -0.2) is 27.9 Å². The van der Waals surface area contributed by atoms with E-state index in [4.69, 9.17) is 10.00 Å². The predicted octanol–water partition coefficient (Wildman–Crippen LogP) is 1.25. The Hall–Kier alpha value is -1.58. The number of rotatable bonds is 5. The van der Waals surface area contributed by atoms with Gasteiger partial charge in [0.15, 0.2) is 0 Å². The summed E-state index contributed by atoms with van der Waals surface area (Å²) in [5.41, 5.74) is 1.39. The zero-order valence-corrected chi connectivity index (χ0v) is 10.5. The van der Waals surface area contributed by atoms with Crippen LogP contribution < -0.4 is 4.72 Å². The number of sulfonamides is 1. The van der Waals surface area contributed by atoms with Crippen LogP contribution in [0.25, 0.3) is 0 Å². The minimum absolute atomic E-state index is 0.114. The standard InChI is InChI=1S/C11H14N2O3S/c1-9-4-3-5-11(10(9)8-12)13-17(14,15)7-6-16-2/h3-5,13H,6-7H2,1-2H3. The first-order valence-corrected chi connectivity index (χ1v) is 6.64. The highest BCUT2D eigenvalue weighted by atomic mass is 32.2. The number of nitrogens with zero attached hydrogens (tertiary/aromatic N) is 1. The predicted molar refractivity (Wildman–Crippen MR) is 65.2 cm³/mol. The van der Waals surface area contributed by atoms with Crippen molar-refractivity contribution in [3.05, 3.63) is 29.3 Å². The maximum absolute atomic E-state index is 11.6. The van der Waals surface area contributed by atoms with Gasteiger partial charge < -0.3 is 4.74 Å². The maximum atomic E-state index is 11.6. The van der Waals surface area contributed by atoms with Gasteiger partial charge in [0.1, 0.15) is 6.07 Å². The summed E-state index contributed by atoms with van der Waals surface area (Å²) >= 11 is 0. The minimum atomic E-state index is -3.47. The lowest BCUT2D eigenvalue weighted by Gasteiger charge is -2.10. The summed E-state index contributed by atoms with van der Waals surface area (Å²) in [7, 11) is -2.04. The largest absolute Gasteiger partial charge is 0.384 e. The first-order chi connectivity index (χ1) is 8.00. The number of anilines is 1. The Morgan fingerprint density at radius 1 is 1.47 bits per heavy atom. The molecule has 0 saturated heterocycles. The molecule has 6 heteroatoms. The Morgan fingerprint density at radius 2 is 2.18 bits per heavy atom. The van der Waals surface area contributed by atoms with E-state index in [0.717, 1.165) is 5.56 Å². The molecule has 1 rings (SSSR count). The molecule has 17 heavy (non-hydrogen) atoms. The van der Waals surface area contributed by atoms with Gasteiger partial charge >= 0.3 is 0 Å². The van der Waals surface area contributed by atoms with E-state index in [1.54, 1.807) is 25.1 Å². The van der Waals surface area contributed by atoms with Crippen LogP contribution in [0.5, 0.6) is 0 Å². The van der Waals surface area contributed by atoms with Crippen LogP contribution >= 0.6 is 0 Å². The topological polar surface area (TPSA) is 79.2 Å². The van der Waals surface area contributed by atoms with Crippen LogP contribution in [-0.2, 0) is 14.8 Å². The summed E-state index contributed by atoms with van der Waals surface area (Å²) in [5.74, 6) is -0.137. The number of nitrogens with one attached hydrogen (secondary N) is 1. The van der Waals surface area contributed by atoms with Gasteiger partial charge in [-0.3, -0.25) is 4.72 Å². The maximum Gasteiger partial charge on any atom is 0.235 e. The molecule has 1 aromatic rings. The van der Waals surface area contributed by atoms with Crippen molar-refractivity contribution in [2.45, 2.75) is 6.92 Å². The lowest BCUT2D eigenvalue weighted by atomic mass is 10.1. The van der Waals surface area contributed by atoms with Crippen LogP contribution in [0.4, 0.5) is 5.69 Å². The Bertz CT molecular complexity index is 532. The van der Waals surface area contributed by atoms with Crippen molar-refractivity contribution in [1.29, 1.82) is 5.26 Å². The summed E-state index contributed by atoms with van der Waals surface area (Å²) < 4.78 is 30.4. The summed E-state index contributed by atoms with van der Waals surface area (Å²) in [5, 5.41) is 8.96. The van der Waals surface area contributed by atoms with Crippen LogP contribution in [0.3, 0.4) is 0 Å². The van der Waals surface area contributed by atoms with E-state index in [-0.39, 0.29) is 12.4 Å². The smallest absolute Gasteiger partial charge is 0.235 e. The summed E-state index contributed by atoms with van der Waals surface area (Å²) in [6.45, 7) is 1.87. The fourth-order valence-corrected chi connectivity index (χ4v) is 2.31. The lowest BCUT2D eigenvalue weighted by molar-refractivity contribution is 0.217. The Kier molecular flexibility index (Phi) is 4.49. The van der Waals surface area contributed by atoms with Crippen LogP contribution in [0, 0.1) is 18.3 Å². The fourth-order valence-electron chi connectivity index (χ4n) is 1.31. The van der Waals surface area contributed by atoms with Crippen molar-refractivity contribution in [2.24, 2.45) is 0 Å². The molecule has 0 aromatic heterocycles. The SMILES string of the molecule is COCCS(=O)(=O)Nc1cccc(C)c1C#N. The average Bonchev–Trinajstić information content (AvgIpc) is 2.26. The first kappa shape index (κ1) is 13.5. The summed E-state index contributed by atoms with van der Waals surface area (Å²) in [6, 6.07) is 7.00. The first-order valence-electron chi connectivity index (χ1n) is 4.99. The number of nitriles is 1. The Morgan fingerprint density at radius 3 is 2.76 bits per heavy atom. The van der Waals surface area contributed by atoms with Crippen molar-refractivity contribution >= 4 is 15.7 Å². The number of hydrogen-bond acceptors (Lipinski definition) is 4. The van der Waals surface area contributed by atoms with Gasteiger partial charge in [0.05, 0.1) is 23.6 Å². The molecule has 92 valence electrons. The van der Waals surface area contributed by atoms with Crippen molar-refractivity contribution in [3.8, 4) is 6.07 Å². The van der Waals surface area contributed by atoms with Gasteiger partial charge in [0.2, 0.25) is 10.0 Å². The van der Waals surface area contributed by atoms with Gasteiger partial charge in [-0.25, -0.2) is 8.42 Å². The molecule has 0 aliphatic carbocycles. The number of ether oxygens (including phenoxy) is 1. The van der Waals surface area contributed by atoms with Crippen molar-refractivity contribution in [1.82, 2.24) is 0 Å². The van der Waals surface area contributed by atoms with E-state index in [1.165, 1.54) is 7.11 Å². The Balaban J connectivity index is 2.97. The molecule has 0 amide bonds. The molecule has 0 radical (unpaired) electrons. The van der Waals surface area contributed by atoms with Gasteiger partial charge in [0, 0.05) is 7.11 Å². The molecule has 0 fully saturated rings. The van der Waals surface area contributed by atoms with Crippen LogP contribution in [0.2, 0.25) is 0 Å². The zero-order chi connectivity index (χ0) is 12.9. The van der Waals surface area contributed by atoms with E-state index < -0.39 is 10.0 Å². The molecule has 1 N–H and O–H groups in total. The van der Waals surface area contributed by atoms with E-state index in [0.29, 0.717) is 11.3 Å². The summed E-state index contributed by atoms with van der Waals surface area (Å²) in [6.07, 6.45) is 0. The molecule has 5 nitrogen and oxygen atoms in total. The highest BCUT2D eigenvalue weighted by molar-refractivity contribution is 7.92. The number of hydrogen-bond donors (Lipinski definition) is 1. The highest BCUT2D eigenvalue weighted by Gasteiger charge is 2.13. The second-order valence-electron chi connectivity index (χ2n) is 3.52. The molecular weight excluding hydrogens is 240 g/mol. The molecule has 1 aromatic carbocycles. The fraction of sp³-hybridized carbons (Fsp3) is 0.364. The molecule has 0 spiro atoms. The quantitative estimate of drug-likeness (QED) is 0.857. The highest BCUT2D eigenvalue weighted by Crippen LogP contribution is 2.19. The normalized spacial score (nSPS) is 10.9. The second-order valence-corrected chi connectivity index (χ2v) is 5.36. The molecule has 0 bridgehead atoms. The van der Waals surface area contributed by atoms with Gasteiger partial charge in [-0.15, -0.1) is 0 Å². The molecule has 0 aliphatic rings. The molecule has 0 saturated carbocycles. The van der Waals surface area contributed by atoms with E-state index in [9.17, 15) is 8.42 Å². The minimum Gasteiger partial charge on any atom is -0.384 e. The van der Waals surface area contributed by atoms with Crippen LogP contribution in [0.15, 0.2) is 18.2 Å². The third kappa shape index (κ3) is 3.73. The van der Waals surface area contributed by atoms with Gasteiger partial charge in [-0.1, -0.05) is 12.1 Å². The third-order valence-corrected chi connectivity index (χ3v) is 3.44. The number of methoxy groups -OCH3 is 1. The zero-order valence-electron chi connectivity index (χ0n) is 9.73. The monoisotopic (exact) mass is 254 g/mol. The Labute approximate surface area is 101 Å². The van der Waals surface area contributed by atoms with Gasteiger partial charge in [-0.2, -0.15) is 5.26 Å². The van der Waals surface area contributed by atoms with E-state index in [2.05, 4.69) is 4.72 Å². The second kappa shape index (κ2) is 5.66. The molecular formula is C11H14N2O3S. The summed E-state index contributed by atoms with van der Waals surface area (Å²) in [4.78, 5) is 0. The van der Waals surface area contributed by atoms with E-state index >= 15 is 0 Å². The number of benzene rings is 1. The van der Waals surface area contributed by atoms with Gasteiger partial charge in [-0.05, 0) is 18.6 Å². The molecule has 0 unspecified atom stereocenters. The number of aryl methyl sites for hydroxylation is 1. The van der Waals surface area contributed by atoms with Crippen molar-refractivity contribution in [2.75, 3.05) is 24.2 Å². The molecule has 0 atom stereocenters. The van der Waals surface area contributed by atoms with Crippen molar-refractivity contribution < 1.29 is 13.2 Å². The van der Waals surface area contributed by atoms with Crippen LogP contribution in [0.1, 0.15) is 11.1 Å². The third-order valence-electron chi connectivity index (χ3n) is 2.21. The van der Waals surface area contributed by atoms with Crippen molar-refractivity contribution in [3.63, 3.8) is 0 Å².